The summed E-state index contributed by atoms with van der Waals surface area (Å²) in [6, 6.07) is 2.75. The number of nitrogens with one attached hydrogen (secondary N) is 2. The molecule has 0 aliphatic heterocycles. The lowest BCUT2D eigenvalue weighted by Crippen LogP contribution is -2.30. The third-order valence-electron chi connectivity index (χ3n) is 3.05. The maximum atomic E-state index is 11.7. The van der Waals surface area contributed by atoms with Crippen molar-refractivity contribution in [3.05, 3.63) is 28.8 Å². The third kappa shape index (κ3) is 5.55. The quantitative estimate of drug-likeness (QED) is 0.699. The molecule has 0 spiro atoms. The lowest BCUT2D eigenvalue weighted by atomic mass is 10.0. The average molecular weight is 312 g/mol. The molecule has 0 bridgehead atoms. The summed E-state index contributed by atoms with van der Waals surface area (Å²) >= 11 is 0. The van der Waals surface area contributed by atoms with Crippen LogP contribution in [0.2, 0.25) is 0 Å². The van der Waals surface area contributed by atoms with Crippen molar-refractivity contribution in [3.8, 4) is 0 Å². The Morgan fingerprint density at radius 3 is 2.52 bits per heavy atom. The highest BCUT2D eigenvalue weighted by Gasteiger charge is 2.12. The number of carboxylic acids is 1. The lowest BCUT2D eigenvalue weighted by Gasteiger charge is -2.11. The number of carbonyl (C=O) groups excluding carboxylic acids is 1. The van der Waals surface area contributed by atoms with Gasteiger partial charge in [-0.1, -0.05) is 0 Å². The first kappa shape index (κ1) is 17.2. The monoisotopic (exact) mass is 312 g/mol. The van der Waals surface area contributed by atoms with Crippen LogP contribution in [0.25, 0.3) is 0 Å². The Labute approximate surface area is 126 Å². The Morgan fingerprint density at radius 1 is 1.29 bits per heavy atom. The summed E-state index contributed by atoms with van der Waals surface area (Å²) in [6.07, 6.45) is 2.24. The number of carbonyl (C=O) groups is 2. The van der Waals surface area contributed by atoms with Crippen molar-refractivity contribution in [1.82, 2.24) is 5.32 Å². The van der Waals surface area contributed by atoms with Gasteiger partial charge < -0.3 is 15.7 Å². The van der Waals surface area contributed by atoms with Gasteiger partial charge in [0.05, 0.1) is 5.56 Å². The molecule has 2 amide bonds. The van der Waals surface area contributed by atoms with Crippen LogP contribution in [0.3, 0.4) is 0 Å². The summed E-state index contributed by atoms with van der Waals surface area (Å²) in [5.74, 6) is -0.488. The molecule has 0 aliphatic carbocycles. The number of hydrogen-bond donors (Lipinski definition) is 3. The number of anilines is 1. The zero-order valence-corrected chi connectivity index (χ0v) is 13.2. The zero-order chi connectivity index (χ0) is 16.0. The molecule has 7 heteroatoms. The Morgan fingerprint density at radius 2 is 1.95 bits per heavy atom. The van der Waals surface area contributed by atoms with Crippen LogP contribution in [-0.2, 0) is 10.8 Å². The summed E-state index contributed by atoms with van der Waals surface area (Å²) < 4.78 is 10.9. The Kier molecular flexibility index (Phi) is 6.36. The van der Waals surface area contributed by atoms with Crippen LogP contribution in [0.1, 0.15) is 27.9 Å². The van der Waals surface area contributed by atoms with Crippen molar-refractivity contribution in [3.63, 3.8) is 0 Å². The highest BCUT2D eigenvalue weighted by molar-refractivity contribution is 7.84. The summed E-state index contributed by atoms with van der Waals surface area (Å²) in [4.78, 5) is 22.8. The topological polar surface area (TPSA) is 95.5 Å². The molecule has 0 heterocycles. The Balaban J connectivity index is 2.64. The van der Waals surface area contributed by atoms with Gasteiger partial charge in [0, 0.05) is 35.0 Å². The van der Waals surface area contributed by atoms with Crippen molar-refractivity contribution in [1.29, 1.82) is 0 Å². The second-order valence-electron chi connectivity index (χ2n) is 4.78. The molecule has 0 saturated heterocycles. The maximum absolute atomic E-state index is 11.7. The molecule has 1 aromatic rings. The van der Waals surface area contributed by atoms with Crippen molar-refractivity contribution in [2.75, 3.05) is 23.9 Å². The number of aryl methyl sites for hydroxylation is 1. The SMILES string of the molecule is Cc1cc(NC(=O)NCCCS(C)=O)cc(C(=O)O)c1C. The molecule has 116 valence electrons. The Hall–Kier alpha value is -1.89. The molecular weight excluding hydrogens is 292 g/mol. The van der Waals surface area contributed by atoms with Gasteiger partial charge in [0.15, 0.2) is 0 Å². The smallest absolute Gasteiger partial charge is 0.336 e. The van der Waals surface area contributed by atoms with Crippen LogP contribution in [0.5, 0.6) is 0 Å². The summed E-state index contributed by atoms with van der Waals surface area (Å²) in [5.41, 5.74) is 2.09. The van der Waals surface area contributed by atoms with Crippen molar-refractivity contribution >= 4 is 28.5 Å². The normalized spacial score (nSPS) is 11.8. The lowest BCUT2D eigenvalue weighted by molar-refractivity contribution is 0.0696. The van der Waals surface area contributed by atoms with E-state index in [1.54, 1.807) is 26.2 Å². The summed E-state index contributed by atoms with van der Waals surface area (Å²) in [7, 11) is -0.869. The molecule has 0 fully saturated rings. The van der Waals surface area contributed by atoms with Crippen molar-refractivity contribution < 1.29 is 18.9 Å². The average Bonchev–Trinajstić information content (AvgIpc) is 2.38. The third-order valence-corrected chi connectivity index (χ3v) is 3.91. The molecule has 6 nitrogen and oxygen atoms in total. The van der Waals surface area contributed by atoms with Crippen molar-refractivity contribution in [2.45, 2.75) is 20.3 Å². The van der Waals surface area contributed by atoms with Crippen LogP contribution in [-0.4, -0.2) is 39.9 Å². The Bertz CT molecular complexity index is 572. The first-order chi connectivity index (χ1) is 9.81. The van der Waals surface area contributed by atoms with E-state index in [4.69, 9.17) is 5.11 Å². The van der Waals surface area contributed by atoms with Gasteiger partial charge in [-0.15, -0.1) is 0 Å². The predicted molar refractivity (Wildman–Crippen MR) is 83.4 cm³/mol. The van der Waals surface area contributed by atoms with Crippen LogP contribution in [0.4, 0.5) is 10.5 Å². The van der Waals surface area contributed by atoms with Gasteiger partial charge in [-0.25, -0.2) is 9.59 Å². The molecule has 0 aliphatic rings. The van der Waals surface area contributed by atoms with Gasteiger partial charge in [0.1, 0.15) is 0 Å². The number of hydrogen-bond acceptors (Lipinski definition) is 3. The maximum Gasteiger partial charge on any atom is 0.336 e. The molecule has 0 aromatic heterocycles. The fourth-order valence-electron chi connectivity index (χ4n) is 1.81. The molecule has 0 radical (unpaired) electrons. The van der Waals surface area contributed by atoms with Gasteiger partial charge >= 0.3 is 12.0 Å². The van der Waals surface area contributed by atoms with E-state index in [9.17, 15) is 13.8 Å². The largest absolute Gasteiger partial charge is 0.478 e. The molecule has 1 aromatic carbocycles. The van der Waals surface area contributed by atoms with Crippen LogP contribution >= 0.6 is 0 Å². The van der Waals surface area contributed by atoms with Gasteiger partial charge in [-0.05, 0) is 43.5 Å². The number of amides is 2. The van der Waals surface area contributed by atoms with E-state index < -0.39 is 22.8 Å². The minimum Gasteiger partial charge on any atom is -0.478 e. The standard InChI is InChI=1S/C14H20N2O4S/c1-9-7-11(8-12(10(9)2)13(17)18)16-14(19)15-5-4-6-21(3)20/h7-8H,4-6H2,1-3H3,(H,17,18)(H2,15,16,19). The summed E-state index contributed by atoms with van der Waals surface area (Å²) in [5, 5.41) is 14.4. The molecule has 3 N–H and O–H groups in total. The van der Waals surface area contributed by atoms with E-state index in [2.05, 4.69) is 10.6 Å². The van der Waals surface area contributed by atoms with E-state index in [-0.39, 0.29) is 5.56 Å². The molecule has 21 heavy (non-hydrogen) atoms. The number of rotatable bonds is 6. The first-order valence-corrected chi connectivity index (χ1v) is 8.23. The van der Waals surface area contributed by atoms with Crippen LogP contribution in [0, 0.1) is 13.8 Å². The fraction of sp³-hybridized carbons (Fsp3) is 0.429. The van der Waals surface area contributed by atoms with E-state index in [1.165, 1.54) is 6.07 Å². The minimum absolute atomic E-state index is 0.173. The molecular formula is C14H20N2O4S. The van der Waals surface area contributed by atoms with Crippen LogP contribution in [0.15, 0.2) is 12.1 Å². The van der Waals surface area contributed by atoms with Crippen LogP contribution < -0.4 is 10.6 Å². The highest BCUT2D eigenvalue weighted by atomic mass is 32.2. The van der Waals surface area contributed by atoms with Crippen molar-refractivity contribution in [2.24, 2.45) is 0 Å². The van der Waals surface area contributed by atoms with E-state index in [0.29, 0.717) is 30.0 Å². The second-order valence-corrected chi connectivity index (χ2v) is 6.34. The number of urea groups is 1. The van der Waals surface area contributed by atoms with E-state index in [1.807, 2.05) is 0 Å². The zero-order valence-electron chi connectivity index (χ0n) is 12.4. The first-order valence-electron chi connectivity index (χ1n) is 6.50. The van der Waals surface area contributed by atoms with E-state index in [0.717, 1.165) is 5.56 Å². The van der Waals surface area contributed by atoms with Gasteiger partial charge in [-0.2, -0.15) is 0 Å². The second kappa shape index (κ2) is 7.78. The molecule has 0 saturated carbocycles. The van der Waals surface area contributed by atoms with Gasteiger partial charge in [0.25, 0.3) is 0 Å². The van der Waals surface area contributed by atoms with Gasteiger partial charge in [-0.3, -0.25) is 4.21 Å². The van der Waals surface area contributed by atoms with Gasteiger partial charge in [0.2, 0.25) is 0 Å². The number of benzene rings is 1. The minimum atomic E-state index is -1.02. The van der Waals surface area contributed by atoms with E-state index >= 15 is 0 Å². The number of carboxylic acid groups (broad SMARTS) is 1. The molecule has 1 rings (SSSR count). The summed E-state index contributed by atoms with van der Waals surface area (Å²) in [6.45, 7) is 3.94. The highest BCUT2D eigenvalue weighted by Crippen LogP contribution is 2.20. The molecule has 1 unspecified atom stereocenters. The fourth-order valence-corrected chi connectivity index (χ4v) is 2.36. The number of aromatic carboxylic acids is 1. The molecule has 1 atom stereocenters. The predicted octanol–water partition coefficient (Wildman–Crippen LogP) is 1.89.